The van der Waals surface area contributed by atoms with Gasteiger partial charge in [-0.1, -0.05) is 77.4 Å². The molecule has 0 saturated carbocycles. The summed E-state index contributed by atoms with van der Waals surface area (Å²) in [6.07, 6.45) is 5.43. The summed E-state index contributed by atoms with van der Waals surface area (Å²) in [4.78, 5) is 4.80. The van der Waals surface area contributed by atoms with Crippen LogP contribution in [0.15, 0.2) is 97.2 Å². The predicted molar refractivity (Wildman–Crippen MR) is 189 cm³/mol. The molecule has 0 aliphatic rings. The number of aromatic nitrogens is 4. The molecule has 0 amide bonds. The maximum Gasteiger partial charge on any atom is 0.267 e. The van der Waals surface area contributed by atoms with Crippen LogP contribution < -0.4 is 9.30 Å². The molecule has 0 fully saturated rings. The van der Waals surface area contributed by atoms with Gasteiger partial charge in [0.05, 0.1) is 11.4 Å². The van der Waals surface area contributed by atoms with Crippen molar-refractivity contribution >= 4 is 21.8 Å². The van der Waals surface area contributed by atoms with Crippen LogP contribution in [0, 0.1) is 32.3 Å². The third-order valence-electron chi connectivity index (χ3n) is 9.00. The topological polar surface area (TPSA) is 35.9 Å². The Hall–Kier alpha value is -4.47. The minimum atomic E-state index is -0.000513. The van der Waals surface area contributed by atoms with Gasteiger partial charge < -0.3 is 13.9 Å². The van der Waals surface area contributed by atoms with Crippen LogP contribution in [0.3, 0.4) is 0 Å². The maximum atomic E-state index is 6.44. The van der Waals surface area contributed by atoms with E-state index in [2.05, 4.69) is 150 Å². The van der Waals surface area contributed by atoms with Crippen molar-refractivity contribution in [1.29, 1.82) is 0 Å². The maximum absolute atomic E-state index is 6.44. The van der Waals surface area contributed by atoms with Gasteiger partial charge in [-0.05, 0) is 77.2 Å². The Morgan fingerprint density at radius 1 is 0.708 bits per heavy atom. The standard InChI is InChI=1S/C42H40N4O.Pt/c1-28-29(2)45(27-44(28)32-18-16-30(17-19-32)41(3,4)5)33-12-11-13-34(25-33)47-35-20-21-37-36-14-9-10-15-38(36)46(39(37)26-35)40-24-31(22-23-43-40)42(6,7)8;/h9-24H,1-8H3;/q-2;. The van der Waals surface area contributed by atoms with Crippen LogP contribution in [-0.2, 0) is 31.9 Å². The molecule has 3 aromatic heterocycles. The zero-order valence-electron chi connectivity index (χ0n) is 28.8. The smallest absolute Gasteiger partial charge is 0.267 e. The first-order valence-corrected chi connectivity index (χ1v) is 16.2. The molecular weight excluding hydrogens is 772 g/mol. The molecule has 0 saturated heterocycles. The second-order valence-electron chi connectivity index (χ2n) is 14.3. The number of imidazole rings is 1. The van der Waals surface area contributed by atoms with Crippen LogP contribution in [-0.4, -0.2) is 14.1 Å². The van der Waals surface area contributed by atoms with Gasteiger partial charge in [-0.2, -0.15) is 18.2 Å². The Morgan fingerprint density at radius 2 is 1.42 bits per heavy atom. The molecule has 0 N–H and O–H groups in total. The third-order valence-corrected chi connectivity index (χ3v) is 9.00. The molecule has 7 rings (SSSR count). The van der Waals surface area contributed by atoms with E-state index in [4.69, 9.17) is 9.72 Å². The molecule has 3 heterocycles. The predicted octanol–water partition coefficient (Wildman–Crippen LogP) is 9.65. The number of rotatable bonds is 5. The SMILES string of the molecule is Cc1c(C)[n+](-c2ccc(C(C)(C)C)cc2)[c-]n1-c1[c-]c(Oc2[c-]c3c(cc2)c2ccccc2n3-c2cc(C(C)(C)C)ccn2)ccc1.[Pt]. The van der Waals surface area contributed by atoms with E-state index in [0.29, 0.717) is 11.5 Å². The second kappa shape index (κ2) is 12.5. The minimum absolute atomic E-state index is 0. The van der Waals surface area contributed by atoms with Gasteiger partial charge in [-0.3, -0.25) is 4.57 Å². The molecule has 7 aromatic rings. The average molecular weight is 812 g/mol. The molecule has 48 heavy (non-hydrogen) atoms. The molecule has 6 heteroatoms. The Bertz CT molecular complexity index is 2260. The first-order valence-electron chi connectivity index (χ1n) is 16.2. The Morgan fingerprint density at radius 3 is 2.15 bits per heavy atom. The number of hydrogen-bond donors (Lipinski definition) is 0. The number of benzene rings is 4. The van der Waals surface area contributed by atoms with Crippen molar-refractivity contribution < 1.29 is 30.4 Å². The molecule has 0 unspecified atom stereocenters. The largest absolute Gasteiger partial charge is 0.510 e. The molecule has 0 aliphatic heterocycles. The normalized spacial score (nSPS) is 12.0. The number of fused-ring (bicyclic) bond motifs is 3. The van der Waals surface area contributed by atoms with Crippen LogP contribution in [0.5, 0.6) is 11.5 Å². The van der Waals surface area contributed by atoms with Crippen LogP contribution in [0.1, 0.15) is 64.1 Å². The number of ether oxygens (including phenoxy) is 1. The molecule has 4 aromatic carbocycles. The second-order valence-corrected chi connectivity index (χ2v) is 14.3. The van der Waals surface area contributed by atoms with Crippen molar-refractivity contribution in [2.24, 2.45) is 0 Å². The fourth-order valence-electron chi connectivity index (χ4n) is 6.09. The Labute approximate surface area is 298 Å². The van der Waals surface area contributed by atoms with Gasteiger partial charge >= 0.3 is 0 Å². The third kappa shape index (κ3) is 6.13. The van der Waals surface area contributed by atoms with Gasteiger partial charge in [0.1, 0.15) is 5.82 Å². The number of hydrogen-bond acceptors (Lipinski definition) is 2. The monoisotopic (exact) mass is 811 g/mol. The zero-order chi connectivity index (χ0) is 33.1. The Balaban J connectivity index is 0.00000401. The van der Waals surface area contributed by atoms with E-state index in [-0.39, 0.29) is 31.9 Å². The number of para-hydroxylation sites is 1. The van der Waals surface area contributed by atoms with Crippen molar-refractivity contribution in [1.82, 2.24) is 14.1 Å². The van der Waals surface area contributed by atoms with E-state index >= 15 is 0 Å². The van der Waals surface area contributed by atoms with Gasteiger partial charge in [-0.25, -0.2) is 4.98 Å². The summed E-state index contributed by atoms with van der Waals surface area (Å²) in [7, 11) is 0. The fourth-order valence-corrected chi connectivity index (χ4v) is 6.09. The molecule has 0 aliphatic carbocycles. The fraction of sp³-hybridized carbons (Fsp3) is 0.238. The molecule has 0 spiro atoms. The Kier molecular flexibility index (Phi) is 8.72. The number of pyridine rings is 1. The molecule has 5 nitrogen and oxygen atoms in total. The van der Waals surface area contributed by atoms with E-state index in [9.17, 15) is 0 Å². The summed E-state index contributed by atoms with van der Waals surface area (Å²) in [5, 5.41) is 2.25. The summed E-state index contributed by atoms with van der Waals surface area (Å²) < 4.78 is 12.8. The number of nitrogens with zero attached hydrogens (tertiary/aromatic N) is 4. The van der Waals surface area contributed by atoms with Crippen molar-refractivity contribution in [3.8, 4) is 28.7 Å². The van der Waals surface area contributed by atoms with Crippen LogP contribution >= 0.6 is 0 Å². The van der Waals surface area contributed by atoms with Gasteiger partial charge in [0, 0.05) is 50.0 Å². The minimum Gasteiger partial charge on any atom is -0.510 e. The van der Waals surface area contributed by atoms with E-state index in [1.165, 1.54) is 11.1 Å². The van der Waals surface area contributed by atoms with Gasteiger partial charge in [-0.15, -0.1) is 29.7 Å². The average Bonchev–Trinajstić information content (AvgIpc) is 3.53. The summed E-state index contributed by atoms with van der Waals surface area (Å²) in [5.41, 5.74) is 8.76. The van der Waals surface area contributed by atoms with Crippen molar-refractivity contribution in [3.05, 3.63) is 138 Å². The molecule has 0 bridgehead atoms. The van der Waals surface area contributed by atoms with E-state index in [1.807, 2.05) is 35.0 Å². The summed E-state index contributed by atoms with van der Waals surface area (Å²) >= 11 is 0. The van der Waals surface area contributed by atoms with Gasteiger partial charge in [0.15, 0.2) is 0 Å². The van der Waals surface area contributed by atoms with Crippen LogP contribution in [0.4, 0.5) is 0 Å². The summed E-state index contributed by atoms with van der Waals surface area (Å²) in [6, 6.07) is 38.5. The van der Waals surface area contributed by atoms with Crippen molar-refractivity contribution in [3.63, 3.8) is 0 Å². The molecule has 246 valence electrons. The molecule has 0 atom stereocenters. The van der Waals surface area contributed by atoms with Crippen LogP contribution in [0.2, 0.25) is 0 Å². The van der Waals surface area contributed by atoms with E-state index < -0.39 is 0 Å². The van der Waals surface area contributed by atoms with E-state index in [1.54, 1.807) is 0 Å². The van der Waals surface area contributed by atoms with Gasteiger partial charge in [0.2, 0.25) is 0 Å². The van der Waals surface area contributed by atoms with Gasteiger partial charge in [0.25, 0.3) is 6.33 Å². The zero-order valence-corrected chi connectivity index (χ0v) is 31.0. The summed E-state index contributed by atoms with van der Waals surface area (Å²) in [5.74, 6) is 2.08. The molecular formula is C42H40N4OPt-2. The first kappa shape index (κ1) is 33.4. The molecule has 0 radical (unpaired) electrons. The van der Waals surface area contributed by atoms with Crippen molar-refractivity contribution in [2.45, 2.75) is 66.2 Å². The first-order chi connectivity index (χ1) is 22.4. The quantitative estimate of drug-likeness (QED) is 0.128. The van der Waals surface area contributed by atoms with E-state index in [0.717, 1.165) is 50.4 Å². The van der Waals surface area contributed by atoms with Crippen LogP contribution in [0.25, 0.3) is 39.0 Å². The summed E-state index contributed by atoms with van der Waals surface area (Å²) in [6.45, 7) is 17.6. The van der Waals surface area contributed by atoms with Crippen molar-refractivity contribution in [2.75, 3.05) is 0 Å².